The van der Waals surface area contributed by atoms with Crippen LogP contribution in [-0.2, 0) is 11.8 Å². The Balaban J connectivity index is 2.41. The summed E-state index contributed by atoms with van der Waals surface area (Å²) in [4.78, 5) is 0. The molecule has 2 rings (SSSR count). The molecule has 0 bridgehead atoms. The van der Waals surface area contributed by atoms with Crippen LogP contribution >= 0.6 is 0 Å². The van der Waals surface area contributed by atoms with Crippen molar-refractivity contribution >= 4 is 0 Å². The van der Waals surface area contributed by atoms with Gasteiger partial charge in [0.05, 0.1) is 13.7 Å². The number of aliphatic hydroxyl groups excluding tert-OH is 1. The third-order valence-electron chi connectivity index (χ3n) is 4.40. The summed E-state index contributed by atoms with van der Waals surface area (Å²) in [5, 5.41) is 9.70. The fourth-order valence-corrected chi connectivity index (χ4v) is 2.92. The van der Waals surface area contributed by atoms with Crippen LogP contribution in [0.15, 0.2) is 18.2 Å². The molecule has 2 heteroatoms. The zero-order valence-corrected chi connectivity index (χ0v) is 11.2. The minimum atomic E-state index is -0.0385. The van der Waals surface area contributed by atoms with Crippen LogP contribution in [0.4, 0.5) is 0 Å². The number of benzene rings is 1. The average molecular weight is 234 g/mol. The zero-order valence-electron chi connectivity index (χ0n) is 11.2. The highest BCUT2D eigenvalue weighted by molar-refractivity contribution is 5.45. The van der Waals surface area contributed by atoms with Crippen LogP contribution in [-0.4, -0.2) is 18.8 Å². The van der Waals surface area contributed by atoms with E-state index in [9.17, 15) is 5.11 Å². The van der Waals surface area contributed by atoms with Crippen molar-refractivity contribution in [3.63, 3.8) is 0 Å². The summed E-state index contributed by atoms with van der Waals surface area (Å²) in [6.07, 6.45) is 2.02. The van der Waals surface area contributed by atoms with E-state index in [2.05, 4.69) is 32.9 Å². The highest BCUT2D eigenvalue weighted by Crippen LogP contribution is 2.64. The van der Waals surface area contributed by atoms with Gasteiger partial charge in [0.1, 0.15) is 5.75 Å². The molecule has 0 spiro atoms. The third kappa shape index (κ3) is 1.75. The molecule has 1 atom stereocenters. The van der Waals surface area contributed by atoms with Gasteiger partial charge in [-0.15, -0.1) is 0 Å². The van der Waals surface area contributed by atoms with E-state index in [1.54, 1.807) is 7.11 Å². The molecule has 1 fully saturated rings. The molecule has 1 aromatic carbocycles. The van der Waals surface area contributed by atoms with Crippen LogP contribution in [0.1, 0.15) is 38.3 Å². The van der Waals surface area contributed by atoms with Gasteiger partial charge in [-0.25, -0.2) is 0 Å². The summed E-state index contributed by atoms with van der Waals surface area (Å²) in [5.41, 5.74) is 2.65. The standard InChI is InChI=1S/C15H22O2/c1-5-11-8-12(6-7-13(11)17-4)15(10-16)9-14(15,2)3/h6-8,16H,5,9-10H2,1-4H3. The van der Waals surface area contributed by atoms with Crippen molar-refractivity contribution in [2.45, 2.75) is 39.0 Å². The van der Waals surface area contributed by atoms with Crippen LogP contribution in [0.5, 0.6) is 5.75 Å². The first kappa shape index (κ1) is 12.4. The van der Waals surface area contributed by atoms with E-state index in [-0.39, 0.29) is 17.4 Å². The van der Waals surface area contributed by atoms with Crippen molar-refractivity contribution in [2.75, 3.05) is 13.7 Å². The number of aliphatic hydroxyl groups is 1. The van der Waals surface area contributed by atoms with Gasteiger partial charge in [-0.1, -0.05) is 32.9 Å². The summed E-state index contributed by atoms with van der Waals surface area (Å²) in [6.45, 7) is 6.80. The summed E-state index contributed by atoms with van der Waals surface area (Å²) in [6, 6.07) is 6.33. The topological polar surface area (TPSA) is 29.5 Å². The van der Waals surface area contributed by atoms with Crippen molar-refractivity contribution in [1.29, 1.82) is 0 Å². The lowest BCUT2D eigenvalue weighted by Gasteiger charge is -2.20. The van der Waals surface area contributed by atoms with E-state index in [0.717, 1.165) is 18.6 Å². The summed E-state index contributed by atoms with van der Waals surface area (Å²) >= 11 is 0. The van der Waals surface area contributed by atoms with Crippen molar-refractivity contribution in [3.05, 3.63) is 29.3 Å². The van der Waals surface area contributed by atoms with Gasteiger partial charge in [0.25, 0.3) is 0 Å². The average Bonchev–Trinajstić information content (AvgIpc) is 2.92. The lowest BCUT2D eigenvalue weighted by atomic mass is 9.87. The van der Waals surface area contributed by atoms with Gasteiger partial charge in [0.2, 0.25) is 0 Å². The fourth-order valence-electron chi connectivity index (χ4n) is 2.92. The predicted octanol–water partition coefficient (Wildman–Crippen LogP) is 2.92. The molecule has 1 N–H and O–H groups in total. The van der Waals surface area contributed by atoms with Gasteiger partial charge in [-0.05, 0) is 35.4 Å². The maximum atomic E-state index is 9.70. The Morgan fingerprint density at radius 3 is 2.41 bits per heavy atom. The smallest absolute Gasteiger partial charge is 0.122 e. The van der Waals surface area contributed by atoms with Gasteiger partial charge in [0, 0.05) is 5.41 Å². The molecular weight excluding hydrogens is 212 g/mol. The second-order valence-electron chi connectivity index (χ2n) is 5.68. The van der Waals surface area contributed by atoms with E-state index in [1.807, 2.05) is 6.07 Å². The van der Waals surface area contributed by atoms with Crippen molar-refractivity contribution < 1.29 is 9.84 Å². The van der Waals surface area contributed by atoms with E-state index in [1.165, 1.54) is 11.1 Å². The molecule has 94 valence electrons. The zero-order chi connectivity index (χ0) is 12.7. The van der Waals surface area contributed by atoms with Crippen LogP contribution in [0, 0.1) is 5.41 Å². The Kier molecular flexibility index (Phi) is 2.94. The van der Waals surface area contributed by atoms with Gasteiger partial charge in [0.15, 0.2) is 0 Å². The molecule has 0 radical (unpaired) electrons. The van der Waals surface area contributed by atoms with Crippen molar-refractivity contribution in [2.24, 2.45) is 5.41 Å². The lowest BCUT2D eigenvalue weighted by molar-refractivity contribution is 0.231. The van der Waals surface area contributed by atoms with Crippen LogP contribution in [0.25, 0.3) is 0 Å². The normalized spacial score (nSPS) is 25.7. The SMILES string of the molecule is CCc1cc(C2(CO)CC2(C)C)ccc1OC. The van der Waals surface area contributed by atoms with E-state index >= 15 is 0 Å². The Hall–Kier alpha value is -1.02. The minimum Gasteiger partial charge on any atom is -0.496 e. The number of aryl methyl sites for hydroxylation is 1. The van der Waals surface area contributed by atoms with Crippen LogP contribution in [0.3, 0.4) is 0 Å². The first-order chi connectivity index (χ1) is 8.00. The predicted molar refractivity (Wildman–Crippen MR) is 69.5 cm³/mol. The molecule has 1 aliphatic rings. The highest BCUT2D eigenvalue weighted by Gasteiger charge is 2.61. The Morgan fingerprint density at radius 1 is 1.35 bits per heavy atom. The first-order valence-corrected chi connectivity index (χ1v) is 6.29. The minimum absolute atomic E-state index is 0.0385. The Bertz CT molecular complexity index is 423. The largest absolute Gasteiger partial charge is 0.496 e. The van der Waals surface area contributed by atoms with Crippen molar-refractivity contribution in [1.82, 2.24) is 0 Å². The number of hydrogen-bond acceptors (Lipinski definition) is 2. The quantitative estimate of drug-likeness (QED) is 0.868. The fraction of sp³-hybridized carbons (Fsp3) is 0.600. The Morgan fingerprint density at radius 2 is 2.00 bits per heavy atom. The van der Waals surface area contributed by atoms with Gasteiger partial charge in [-0.3, -0.25) is 0 Å². The van der Waals surface area contributed by atoms with Gasteiger partial charge >= 0.3 is 0 Å². The molecule has 0 heterocycles. The monoisotopic (exact) mass is 234 g/mol. The molecule has 1 aliphatic carbocycles. The Labute approximate surface area is 104 Å². The van der Waals surface area contributed by atoms with Crippen molar-refractivity contribution in [3.8, 4) is 5.75 Å². The van der Waals surface area contributed by atoms with Crippen LogP contribution < -0.4 is 4.74 Å². The summed E-state index contributed by atoms with van der Waals surface area (Å²) < 4.78 is 5.35. The van der Waals surface area contributed by atoms with Gasteiger partial charge < -0.3 is 9.84 Å². The second-order valence-corrected chi connectivity index (χ2v) is 5.68. The molecule has 0 amide bonds. The molecule has 0 aliphatic heterocycles. The maximum absolute atomic E-state index is 9.70. The molecule has 0 saturated heterocycles. The molecule has 1 aromatic rings. The first-order valence-electron chi connectivity index (χ1n) is 6.29. The third-order valence-corrected chi connectivity index (χ3v) is 4.40. The highest BCUT2D eigenvalue weighted by atomic mass is 16.5. The molecule has 2 nitrogen and oxygen atoms in total. The number of hydrogen-bond donors (Lipinski definition) is 1. The molecule has 17 heavy (non-hydrogen) atoms. The second kappa shape index (κ2) is 4.02. The van der Waals surface area contributed by atoms with E-state index < -0.39 is 0 Å². The van der Waals surface area contributed by atoms with Crippen LogP contribution in [0.2, 0.25) is 0 Å². The summed E-state index contributed by atoms with van der Waals surface area (Å²) in [7, 11) is 1.71. The molecule has 1 unspecified atom stereocenters. The van der Waals surface area contributed by atoms with Gasteiger partial charge in [-0.2, -0.15) is 0 Å². The number of methoxy groups -OCH3 is 1. The lowest BCUT2D eigenvalue weighted by Crippen LogP contribution is -2.19. The van der Waals surface area contributed by atoms with E-state index in [4.69, 9.17) is 4.74 Å². The summed E-state index contributed by atoms with van der Waals surface area (Å²) in [5.74, 6) is 0.947. The maximum Gasteiger partial charge on any atom is 0.122 e. The number of ether oxygens (including phenoxy) is 1. The molecular formula is C15H22O2. The molecule has 0 aromatic heterocycles. The number of rotatable bonds is 4. The molecule has 1 saturated carbocycles. The van der Waals surface area contributed by atoms with E-state index in [0.29, 0.717) is 0 Å².